The average Bonchev–Trinajstić information content (AvgIpc) is 2.17. The molecule has 1 saturated heterocycles. The van der Waals surface area contributed by atoms with Gasteiger partial charge in [0.25, 0.3) is 0 Å². The molecular formula is C13H28N2O. The van der Waals surface area contributed by atoms with Gasteiger partial charge in [-0.15, -0.1) is 0 Å². The molecule has 0 amide bonds. The molecule has 2 N–H and O–H groups in total. The highest BCUT2D eigenvalue weighted by atomic mass is 16.5. The van der Waals surface area contributed by atoms with E-state index in [1.165, 1.54) is 6.42 Å². The van der Waals surface area contributed by atoms with Crippen LogP contribution in [0, 0.1) is 0 Å². The van der Waals surface area contributed by atoms with E-state index in [-0.39, 0.29) is 5.60 Å². The summed E-state index contributed by atoms with van der Waals surface area (Å²) < 4.78 is 5.75. The van der Waals surface area contributed by atoms with Crippen LogP contribution in [0.25, 0.3) is 0 Å². The summed E-state index contributed by atoms with van der Waals surface area (Å²) in [6.07, 6.45) is 3.43. The van der Waals surface area contributed by atoms with E-state index in [0.29, 0.717) is 12.1 Å². The highest BCUT2D eigenvalue weighted by molar-refractivity contribution is 4.87. The maximum atomic E-state index is 6.28. The topological polar surface area (TPSA) is 38.5 Å². The van der Waals surface area contributed by atoms with Crippen LogP contribution in [0.15, 0.2) is 0 Å². The Morgan fingerprint density at radius 1 is 1.38 bits per heavy atom. The molecule has 0 bridgehead atoms. The van der Waals surface area contributed by atoms with Gasteiger partial charge in [-0.25, -0.2) is 0 Å². The molecule has 16 heavy (non-hydrogen) atoms. The van der Waals surface area contributed by atoms with Crippen molar-refractivity contribution in [1.29, 1.82) is 0 Å². The highest BCUT2D eigenvalue weighted by Crippen LogP contribution is 2.21. The van der Waals surface area contributed by atoms with Crippen LogP contribution in [0.4, 0.5) is 0 Å². The second-order valence-corrected chi connectivity index (χ2v) is 5.51. The van der Waals surface area contributed by atoms with Crippen LogP contribution < -0.4 is 5.73 Å². The Kier molecular flexibility index (Phi) is 5.22. The summed E-state index contributed by atoms with van der Waals surface area (Å²) >= 11 is 0. The lowest BCUT2D eigenvalue weighted by atomic mass is 9.97. The fraction of sp³-hybridized carbons (Fsp3) is 1.00. The van der Waals surface area contributed by atoms with Crippen molar-refractivity contribution in [2.24, 2.45) is 5.73 Å². The van der Waals surface area contributed by atoms with Gasteiger partial charge in [-0.3, -0.25) is 4.90 Å². The third-order valence-electron chi connectivity index (χ3n) is 3.46. The first kappa shape index (κ1) is 13.9. The van der Waals surface area contributed by atoms with Crippen molar-refractivity contribution in [2.75, 3.05) is 19.7 Å². The molecule has 0 aromatic heterocycles. The van der Waals surface area contributed by atoms with Gasteiger partial charge >= 0.3 is 0 Å². The summed E-state index contributed by atoms with van der Waals surface area (Å²) in [5.74, 6) is 0. The third kappa shape index (κ3) is 3.72. The summed E-state index contributed by atoms with van der Waals surface area (Å²) in [6.45, 7) is 11.6. The zero-order valence-electron chi connectivity index (χ0n) is 11.3. The van der Waals surface area contributed by atoms with Crippen molar-refractivity contribution >= 4 is 0 Å². The van der Waals surface area contributed by atoms with Crippen LogP contribution in [0.2, 0.25) is 0 Å². The van der Waals surface area contributed by atoms with Crippen LogP contribution in [0.3, 0.4) is 0 Å². The lowest BCUT2D eigenvalue weighted by Crippen LogP contribution is -2.56. The van der Waals surface area contributed by atoms with E-state index in [1.807, 2.05) is 0 Å². The molecule has 1 rings (SSSR count). The molecule has 0 radical (unpaired) electrons. The number of hydrogen-bond donors (Lipinski definition) is 1. The van der Waals surface area contributed by atoms with Gasteiger partial charge in [0, 0.05) is 25.2 Å². The number of nitrogens with two attached hydrogens (primary N) is 1. The maximum Gasteiger partial charge on any atom is 0.0753 e. The monoisotopic (exact) mass is 228 g/mol. The van der Waals surface area contributed by atoms with E-state index in [1.54, 1.807) is 0 Å². The molecule has 3 heteroatoms. The molecule has 96 valence electrons. The van der Waals surface area contributed by atoms with Gasteiger partial charge in [0.2, 0.25) is 0 Å². The molecule has 0 aliphatic carbocycles. The van der Waals surface area contributed by atoms with Gasteiger partial charge in [-0.1, -0.05) is 20.3 Å². The lowest BCUT2D eigenvalue weighted by molar-refractivity contribution is -0.0998. The number of rotatable bonds is 5. The van der Waals surface area contributed by atoms with Crippen molar-refractivity contribution in [3.8, 4) is 0 Å². The van der Waals surface area contributed by atoms with E-state index >= 15 is 0 Å². The number of morpholine rings is 1. The highest BCUT2D eigenvalue weighted by Gasteiger charge is 2.32. The zero-order valence-corrected chi connectivity index (χ0v) is 11.3. The SMILES string of the molecule is CCCC(N)C(CC)N1CCOC(C)(C)C1. The molecule has 1 aliphatic rings. The Morgan fingerprint density at radius 2 is 2.06 bits per heavy atom. The predicted octanol–water partition coefficient (Wildman–Crippen LogP) is 2.00. The van der Waals surface area contributed by atoms with Gasteiger partial charge in [0.15, 0.2) is 0 Å². The third-order valence-corrected chi connectivity index (χ3v) is 3.46. The molecule has 0 aromatic rings. The quantitative estimate of drug-likeness (QED) is 0.782. The fourth-order valence-corrected chi connectivity index (χ4v) is 2.69. The van der Waals surface area contributed by atoms with E-state index in [0.717, 1.165) is 32.5 Å². The molecule has 2 unspecified atom stereocenters. The largest absolute Gasteiger partial charge is 0.373 e. The Labute approximate surface area is 100 Å². The number of ether oxygens (including phenoxy) is 1. The van der Waals surface area contributed by atoms with E-state index in [2.05, 4.69) is 32.6 Å². The molecule has 1 heterocycles. The second-order valence-electron chi connectivity index (χ2n) is 5.51. The standard InChI is InChI=1S/C13H28N2O/c1-5-7-11(14)12(6-2)15-8-9-16-13(3,4)10-15/h11-12H,5-10,14H2,1-4H3. The van der Waals surface area contributed by atoms with E-state index < -0.39 is 0 Å². The van der Waals surface area contributed by atoms with Crippen LogP contribution in [-0.4, -0.2) is 42.3 Å². The van der Waals surface area contributed by atoms with Gasteiger partial charge in [-0.05, 0) is 26.7 Å². The molecule has 2 atom stereocenters. The van der Waals surface area contributed by atoms with E-state index in [4.69, 9.17) is 10.5 Å². The molecule has 0 aromatic carbocycles. The lowest BCUT2D eigenvalue weighted by Gasteiger charge is -2.43. The minimum Gasteiger partial charge on any atom is -0.373 e. The van der Waals surface area contributed by atoms with Gasteiger partial charge in [0.05, 0.1) is 12.2 Å². The average molecular weight is 228 g/mol. The number of nitrogens with zero attached hydrogens (tertiary/aromatic N) is 1. The number of hydrogen-bond acceptors (Lipinski definition) is 3. The maximum absolute atomic E-state index is 6.28. The van der Waals surface area contributed by atoms with Crippen molar-refractivity contribution in [1.82, 2.24) is 4.90 Å². The van der Waals surface area contributed by atoms with Crippen molar-refractivity contribution in [2.45, 2.75) is 64.6 Å². The predicted molar refractivity (Wildman–Crippen MR) is 68.6 cm³/mol. The fourth-order valence-electron chi connectivity index (χ4n) is 2.69. The van der Waals surface area contributed by atoms with Gasteiger partial charge < -0.3 is 10.5 Å². The van der Waals surface area contributed by atoms with Crippen molar-refractivity contribution in [3.05, 3.63) is 0 Å². The molecule has 1 aliphatic heterocycles. The first-order chi connectivity index (χ1) is 7.50. The summed E-state index contributed by atoms with van der Waals surface area (Å²) in [5, 5.41) is 0. The molecule has 3 nitrogen and oxygen atoms in total. The minimum atomic E-state index is -0.0163. The van der Waals surface area contributed by atoms with Crippen LogP contribution in [0.5, 0.6) is 0 Å². The van der Waals surface area contributed by atoms with Crippen LogP contribution in [0.1, 0.15) is 47.0 Å². The first-order valence-electron chi connectivity index (χ1n) is 6.63. The summed E-state index contributed by atoms with van der Waals surface area (Å²) in [4.78, 5) is 2.52. The molecular weight excluding hydrogens is 200 g/mol. The summed E-state index contributed by atoms with van der Waals surface area (Å²) in [6, 6.07) is 0.826. The molecule has 0 saturated carbocycles. The van der Waals surface area contributed by atoms with Gasteiger partial charge in [-0.2, -0.15) is 0 Å². The van der Waals surface area contributed by atoms with Gasteiger partial charge in [0.1, 0.15) is 0 Å². The Morgan fingerprint density at radius 3 is 2.56 bits per heavy atom. The Balaban J connectivity index is 2.58. The Hall–Kier alpha value is -0.120. The zero-order chi connectivity index (χ0) is 12.2. The normalized spacial score (nSPS) is 25.3. The van der Waals surface area contributed by atoms with Crippen molar-refractivity contribution in [3.63, 3.8) is 0 Å². The van der Waals surface area contributed by atoms with Crippen molar-refractivity contribution < 1.29 is 4.74 Å². The summed E-state index contributed by atoms with van der Waals surface area (Å²) in [7, 11) is 0. The minimum absolute atomic E-state index is 0.0163. The Bertz CT molecular complexity index is 206. The summed E-state index contributed by atoms with van der Waals surface area (Å²) in [5.41, 5.74) is 6.26. The second kappa shape index (κ2) is 5.99. The molecule has 1 fully saturated rings. The first-order valence-corrected chi connectivity index (χ1v) is 6.63. The molecule has 0 spiro atoms. The van der Waals surface area contributed by atoms with E-state index in [9.17, 15) is 0 Å². The van der Waals surface area contributed by atoms with Crippen LogP contribution in [-0.2, 0) is 4.74 Å². The smallest absolute Gasteiger partial charge is 0.0753 e. The van der Waals surface area contributed by atoms with Crippen LogP contribution >= 0.6 is 0 Å².